The average molecular weight is 267 g/mol. The Kier molecular flexibility index (Phi) is 3.86. The van der Waals surface area contributed by atoms with E-state index in [1.165, 1.54) is 19.3 Å². The molecule has 2 rings (SSSR count). The van der Waals surface area contributed by atoms with Gasteiger partial charge in [-0.2, -0.15) is 17.0 Å². The van der Waals surface area contributed by atoms with E-state index in [1.807, 2.05) is 17.8 Å². The first-order valence-electron chi connectivity index (χ1n) is 5.68. The predicted molar refractivity (Wildman–Crippen MR) is 74.8 cm³/mol. The third-order valence-electron chi connectivity index (χ3n) is 3.42. The summed E-state index contributed by atoms with van der Waals surface area (Å²) in [7, 11) is 0. The minimum absolute atomic E-state index is 0.339. The van der Waals surface area contributed by atoms with Crippen LogP contribution in [-0.4, -0.2) is 17.5 Å². The largest absolute Gasteiger partial charge is 0.381 e. The molecule has 1 aliphatic rings. The third kappa shape index (κ3) is 2.53. The maximum Gasteiger partial charge on any atom is 0.101 e. The Balaban J connectivity index is 2.11. The molecule has 2 nitrogen and oxygen atoms in total. The van der Waals surface area contributed by atoms with Gasteiger partial charge in [0.25, 0.3) is 0 Å². The first kappa shape index (κ1) is 12.6. The number of nitrogens with zero attached hydrogens (tertiary/aromatic N) is 1. The van der Waals surface area contributed by atoms with Crippen molar-refractivity contribution in [3.05, 3.63) is 28.8 Å². The molecular formula is C13H15ClN2S. The van der Waals surface area contributed by atoms with Gasteiger partial charge in [0.2, 0.25) is 0 Å². The number of para-hydroxylation sites is 1. The van der Waals surface area contributed by atoms with Crippen LogP contribution in [0.5, 0.6) is 0 Å². The second-order valence-corrected chi connectivity index (χ2v) is 6.05. The summed E-state index contributed by atoms with van der Waals surface area (Å²) in [5.41, 5.74) is 1.39. The molecule has 0 aliphatic heterocycles. The average Bonchev–Trinajstić information content (AvgIpc) is 2.29. The number of nitriles is 1. The van der Waals surface area contributed by atoms with Gasteiger partial charge >= 0.3 is 0 Å². The molecule has 17 heavy (non-hydrogen) atoms. The molecule has 0 bridgehead atoms. The molecule has 1 N–H and O–H groups in total. The van der Waals surface area contributed by atoms with Crippen LogP contribution in [0.4, 0.5) is 5.69 Å². The number of hydrogen-bond donors (Lipinski definition) is 1. The molecular weight excluding hydrogens is 252 g/mol. The lowest BCUT2D eigenvalue weighted by Crippen LogP contribution is -2.40. The third-order valence-corrected chi connectivity index (χ3v) is 5.15. The van der Waals surface area contributed by atoms with Gasteiger partial charge in [0.05, 0.1) is 16.3 Å². The lowest BCUT2D eigenvalue weighted by atomic mass is 9.84. The second-order valence-electron chi connectivity index (χ2n) is 4.37. The first-order chi connectivity index (χ1) is 8.21. The lowest BCUT2D eigenvalue weighted by molar-refractivity contribution is 0.380. The Labute approximate surface area is 111 Å². The summed E-state index contributed by atoms with van der Waals surface area (Å²) in [6.45, 7) is 0.882. The fourth-order valence-corrected chi connectivity index (χ4v) is 3.23. The zero-order valence-electron chi connectivity index (χ0n) is 9.79. The Morgan fingerprint density at radius 1 is 1.53 bits per heavy atom. The van der Waals surface area contributed by atoms with Crippen molar-refractivity contribution >= 4 is 29.1 Å². The molecule has 1 fully saturated rings. The number of rotatable bonds is 4. The van der Waals surface area contributed by atoms with Gasteiger partial charge in [-0.1, -0.05) is 24.1 Å². The molecule has 1 aromatic carbocycles. The Morgan fingerprint density at radius 3 is 2.82 bits per heavy atom. The highest BCUT2D eigenvalue weighted by molar-refractivity contribution is 8.00. The molecule has 0 amide bonds. The van der Waals surface area contributed by atoms with E-state index in [9.17, 15) is 0 Å². The minimum atomic E-state index is 0.339. The summed E-state index contributed by atoms with van der Waals surface area (Å²) in [6, 6.07) is 7.59. The van der Waals surface area contributed by atoms with Gasteiger partial charge in [0, 0.05) is 11.3 Å². The van der Waals surface area contributed by atoms with E-state index in [0.717, 1.165) is 12.2 Å². The van der Waals surface area contributed by atoms with Crippen LogP contribution in [0.15, 0.2) is 18.2 Å². The van der Waals surface area contributed by atoms with Crippen molar-refractivity contribution in [1.29, 1.82) is 5.26 Å². The molecule has 0 spiro atoms. The highest BCUT2D eigenvalue weighted by Crippen LogP contribution is 2.43. The zero-order valence-corrected chi connectivity index (χ0v) is 11.4. The highest BCUT2D eigenvalue weighted by Gasteiger charge is 2.36. The molecule has 90 valence electrons. The van der Waals surface area contributed by atoms with Gasteiger partial charge < -0.3 is 5.32 Å². The summed E-state index contributed by atoms with van der Waals surface area (Å²) in [4.78, 5) is 0. The molecule has 0 saturated heterocycles. The number of anilines is 1. The molecule has 0 radical (unpaired) electrons. The molecule has 0 aromatic heterocycles. The SMILES string of the molecule is CSC1(CNc2c(Cl)cccc2C#N)CCC1. The van der Waals surface area contributed by atoms with Crippen LogP contribution in [0.2, 0.25) is 5.02 Å². The summed E-state index contributed by atoms with van der Waals surface area (Å²) >= 11 is 8.03. The van der Waals surface area contributed by atoms with Gasteiger partial charge in [-0.3, -0.25) is 0 Å². The molecule has 1 aliphatic carbocycles. The maximum atomic E-state index is 9.05. The summed E-state index contributed by atoms with van der Waals surface area (Å²) in [5, 5.41) is 13.0. The lowest BCUT2D eigenvalue weighted by Gasteiger charge is -2.40. The van der Waals surface area contributed by atoms with Gasteiger partial charge in [-0.05, 0) is 31.2 Å². The maximum absolute atomic E-state index is 9.05. The molecule has 0 heterocycles. The van der Waals surface area contributed by atoms with Crippen molar-refractivity contribution in [3.63, 3.8) is 0 Å². The van der Waals surface area contributed by atoms with E-state index in [0.29, 0.717) is 15.3 Å². The van der Waals surface area contributed by atoms with Crippen LogP contribution >= 0.6 is 23.4 Å². The minimum Gasteiger partial charge on any atom is -0.381 e. The van der Waals surface area contributed by atoms with Gasteiger partial charge in [0.1, 0.15) is 6.07 Å². The van der Waals surface area contributed by atoms with Crippen LogP contribution in [0.3, 0.4) is 0 Å². The summed E-state index contributed by atoms with van der Waals surface area (Å²) in [6.07, 6.45) is 5.94. The van der Waals surface area contributed by atoms with E-state index in [4.69, 9.17) is 16.9 Å². The fourth-order valence-electron chi connectivity index (χ4n) is 2.07. The van der Waals surface area contributed by atoms with Crippen molar-refractivity contribution in [2.24, 2.45) is 0 Å². The standard InChI is InChI=1S/C13H15ClN2S/c1-17-13(6-3-7-13)9-16-12-10(8-15)4-2-5-11(12)14/h2,4-5,16H,3,6-7,9H2,1H3. The smallest absolute Gasteiger partial charge is 0.101 e. The Morgan fingerprint density at radius 2 is 2.29 bits per heavy atom. The summed E-state index contributed by atoms with van der Waals surface area (Å²) < 4.78 is 0.339. The van der Waals surface area contributed by atoms with Crippen LogP contribution in [0.25, 0.3) is 0 Å². The van der Waals surface area contributed by atoms with E-state index < -0.39 is 0 Å². The topological polar surface area (TPSA) is 35.8 Å². The zero-order chi connectivity index (χ0) is 12.3. The van der Waals surface area contributed by atoms with Crippen LogP contribution < -0.4 is 5.32 Å². The monoisotopic (exact) mass is 266 g/mol. The fraction of sp³-hybridized carbons (Fsp3) is 0.462. The normalized spacial score (nSPS) is 17.0. The van der Waals surface area contributed by atoms with Crippen molar-refractivity contribution in [2.45, 2.75) is 24.0 Å². The highest BCUT2D eigenvalue weighted by atomic mass is 35.5. The van der Waals surface area contributed by atoms with Crippen molar-refractivity contribution in [2.75, 3.05) is 18.1 Å². The van der Waals surface area contributed by atoms with Gasteiger partial charge in [-0.25, -0.2) is 0 Å². The quantitative estimate of drug-likeness (QED) is 0.898. The molecule has 4 heteroatoms. The van der Waals surface area contributed by atoms with Gasteiger partial charge in [0.15, 0.2) is 0 Å². The Hall–Kier alpha value is -0.850. The van der Waals surface area contributed by atoms with Crippen LogP contribution in [0, 0.1) is 11.3 Å². The van der Waals surface area contributed by atoms with Crippen LogP contribution in [-0.2, 0) is 0 Å². The first-order valence-corrected chi connectivity index (χ1v) is 7.29. The number of nitrogens with one attached hydrogen (secondary N) is 1. The van der Waals surface area contributed by atoms with Crippen molar-refractivity contribution < 1.29 is 0 Å². The molecule has 0 atom stereocenters. The van der Waals surface area contributed by atoms with Gasteiger partial charge in [-0.15, -0.1) is 0 Å². The van der Waals surface area contributed by atoms with E-state index in [-0.39, 0.29) is 0 Å². The van der Waals surface area contributed by atoms with E-state index in [1.54, 1.807) is 12.1 Å². The molecule has 1 saturated carbocycles. The second kappa shape index (κ2) is 5.20. The van der Waals surface area contributed by atoms with E-state index >= 15 is 0 Å². The molecule has 1 aromatic rings. The number of halogens is 1. The molecule has 0 unspecified atom stereocenters. The Bertz CT molecular complexity index is 444. The number of benzene rings is 1. The number of hydrogen-bond acceptors (Lipinski definition) is 3. The predicted octanol–water partition coefficient (Wildman–Crippen LogP) is 3.91. The summed E-state index contributed by atoms with van der Waals surface area (Å²) in [5.74, 6) is 0. The van der Waals surface area contributed by atoms with Crippen molar-refractivity contribution in [1.82, 2.24) is 0 Å². The van der Waals surface area contributed by atoms with Crippen LogP contribution in [0.1, 0.15) is 24.8 Å². The number of thioether (sulfide) groups is 1. The van der Waals surface area contributed by atoms with E-state index in [2.05, 4.69) is 17.6 Å². The van der Waals surface area contributed by atoms with Crippen molar-refractivity contribution in [3.8, 4) is 6.07 Å².